The Hall–Kier alpha value is 0.770. The summed E-state index contributed by atoms with van der Waals surface area (Å²) < 4.78 is 5.30. The molecule has 2 rings (SSSR count). The van der Waals surface area contributed by atoms with Crippen molar-refractivity contribution >= 4 is 51.1 Å². The van der Waals surface area contributed by atoms with E-state index in [-0.39, 0.29) is 0 Å². The monoisotopic (exact) mass is 266 g/mol. The summed E-state index contributed by atoms with van der Waals surface area (Å²) in [5.74, 6) is 0.977. The zero-order chi connectivity index (χ0) is 9.10. The predicted octanol–water partition coefficient (Wildman–Crippen LogP) is 4.75. The molecule has 0 aromatic heterocycles. The molecule has 0 saturated heterocycles. The summed E-state index contributed by atoms with van der Waals surface area (Å²) >= 11 is 0. The molecule has 1 aliphatic heterocycles. The van der Waals surface area contributed by atoms with Crippen molar-refractivity contribution in [2.75, 3.05) is 7.11 Å². The van der Waals surface area contributed by atoms with Gasteiger partial charge in [0.25, 0.3) is 0 Å². The summed E-state index contributed by atoms with van der Waals surface area (Å²) in [5.41, 5.74) is 0. The van der Waals surface area contributed by atoms with E-state index in [2.05, 4.69) is 6.07 Å². The zero-order valence-corrected chi connectivity index (χ0v) is 10.8. The molecule has 70 valence electrons. The summed E-state index contributed by atoms with van der Waals surface area (Å²) in [6, 6.07) is 6.18. The van der Waals surface area contributed by atoms with Gasteiger partial charge in [0, 0.05) is 4.90 Å². The molecule has 0 radical (unpaired) electrons. The van der Waals surface area contributed by atoms with Gasteiger partial charge in [-0.15, -0.1) is 0 Å². The zero-order valence-electron chi connectivity index (χ0n) is 6.68. The Morgan fingerprint density at radius 1 is 1.08 bits per heavy atom. The third kappa shape index (κ3) is 2.41. The third-order valence-electron chi connectivity index (χ3n) is 1.46. The van der Waals surface area contributed by atoms with Gasteiger partial charge in [-0.2, -0.15) is 0 Å². The van der Waals surface area contributed by atoms with Gasteiger partial charge in [0.15, 0.2) is 0 Å². The van der Waals surface area contributed by atoms with Crippen molar-refractivity contribution in [1.82, 2.24) is 0 Å². The van der Waals surface area contributed by atoms with Crippen LogP contribution in [0.5, 0.6) is 5.75 Å². The van der Waals surface area contributed by atoms with Crippen LogP contribution in [0.4, 0.5) is 0 Å². The number of rotatable bonds is 1. The van der Waals surface area contributed by atoms with E-state index in [0.29, 0.717) is 0 Å². The normalized spacial score (nSPS) is 16.1. The van der Waals surface area contributed by atoms with Crippen LogP contribution in [0.1, 0.15) is 0 Å². The van der Waals surface area contributed by atoms with Crippen LogP contribution in [0.15, 0.2) is 28.0 Å². The highest BCUT2D eigenvalue weighted by molar-refractivity contribution is 9.36. The Labute approximate surface area is 96.1 Å². The van der Waals surface area contributed by atoms with Gasteiger partial charge in [0.05, 0.1) is 12.0 Å². The second kappa shape index (κ2) is 5.02. The average molecular weight is 266 g/mol. The van der Waals surface area contributed by atoms with Crippen LogP contribution in [0, 0.1) is 0 Å². The van der Waals surface area contributed by atoms with Crippen molar-refractivity contribution in [3.05, 3.63) is 18.2 Å². The van der Waals surface area contributed by atoms with Crippen LogP contribution < -0.4 is 4.74 Å². The maximum atomic E-state index is 5.30. The van der Waals surface area contributed by atoms with E-state index in [1.54, 1.807) is 58.2 Å². The Morgan fingerprint density at radius 2 is 1.92 bits per heavy atom. The van der Waals surface area contributed by atoms with Crippen LogP contribution in [-0.2, 0) is 0 Å². The number of hydrogen-bond acceptors (Lipinski definition) is 6. The second-order valence-corrected chi connectivity index (χ2v) is 9.65. The molecule has 0 fully saturated rings. The van der Waals surface area contributed by atoms with Gasteiger partial charge in [0.1, 0.15) is 5.75 Å². The molecule has 0 spiro atoms. The largest absolute Gasteiger partial charge is 0.496 e. The van der Waals surface area contributed by atoms with Crippen LogP contribution >= 0.6 is 51.1 Å². The average Bonchev–Trinajstić information content (AvgIpc) is 2.41. The van der Waals surface area contributed by atoms with Crippen LogP contribution in [-0.4, -0.2) is 7.11 Å². The molecule has 0 N–H and O–H groups in total. The molecule has 0 amide bonds. The lowest BCUT2D eigenvalue weighted by molar-refractivity contribution is 0.403. The minimum Gasteiger partial charge on any atom is -0.496 e. The Bertz CT molecular complexity index is 303. The molecule has 0 saturated carbocycles. The van der Waals surface area contributed by atoms with E-state index < -0.39 is 0 Å². The maximum absolute atomic E-state index is 5.30. The summed E-state index contributed by atoms with van der Waals surface area (Å²) in [6.45, 7) is 0. The highest BCUT2D eigenvalue weighted by Gasteiger charge is 2.14. The molecule has 1 aromatic rings. The number of ether oxygens (including phenoxy) is 1. The summed E-state index contributed by atoms with van der Waals surface area (Å²) in [4.78, 5) is 2.55. The van der Waals surface area contributed by atoms with Crippen LogP contribution in [0.2, 0.25) is 0 Å². The smallest absolute Gasteiger partial charge is 0.134 e. The number of fused-ring (bicyclic) bond motifs is 1. The fourth-order valence-corrected chi connectivity index (χ4v) is 9.91. The van der Waals surface area contributed by atoms with E-state index in [1.165, 1.54) is 9.79 Å². The van der Waals surface area contributed by atoms with Gasteiger partial charge < -0.3 is 4.74 Å². The molecular weight excluding hydrogens is 260 g/mol. The van der Waals surface area contributed by atoms with Crippen LogP contribution in [0.25, 0.3) is 0 Å². The fraction of sp³-hybridized carbons (Fsp3) is 0.143. The number of benzene rings is 1. The maximum Gasteiger partial charge on any atom is 0.134 e. The summed E-state index contributed by atoms with van der Waals surface area (Å²) in [6.07, 6.45) is 0. The van der Waals surface area contributed by atoms with Gasteiger partial charge in [0.2, 0.25) is 0 Å². The minimum absolute atomic E-state index is 0.977. The van der Waals surface area contributed by atoms with Gasteiger partial charge in [-0.05, 0) is 63.2 Å². The number of methoxy groups -OCH3 is 1. The van der Waals surface area contributed by atoms with Crippen molar-refractivity contribution in [1.29, 1.82) is 0 Å². The van der Waals surface area contributed by atoms with Crippen molar-refractivity contribution < 1.29 is 4.74 Å². The van der Waals surface area contributed by atoms with Crippen molar-refractivity contribution in [3.63, 3.8) is 0 Å². The standard InChI is InChI=1S/C7H6OS5/c1-8-5-3-2-4-6-7(5)10-12-13-11-9-6/h2-4H,1H3. The van der Waals surface area contributed by atoms with Crippen molar-refractivity contribution in [2.24, 2.45) is 0 Å². The van der Waals surface area contributed by atoms with Gasteiger partial charge in [-0.25, -0.2) is 0 Å². The SMILES string of the molecule is COc1cccc2c1SSSSS2. The summed E-state index contributed by atoms with van der Waals surface area (Å²) in [5, 5.41) is 0. The molecule has 1 aliphatic rings. The van der Waals surface area contributed by atoms with E-state index >= 15 is 0 Å². The minimum atomic E-state index is 0.977. The predicted molar refractivity (Wildman–Crippen MR) is 67.5 cm³/mol. The molecule has 1 nitrogen and oxygen atoms in total. The molecule has 0 atom stereocenters. The van der Waals surface area contributed by atoms with Crippen molar-refractivity contribution in [2.45, 2.75) is 9.79 Å². The molecule has 13 heavy (non-hydrogen) atoms. The molecular formula is C7H6OS5. The van der Waals surface area contributed by atoms with Gasteiger partial charge >= 0.3 is 0 Å². The third-order valence-corrected chi connectivity index (χ3v) is 9.95. The first kappa shape index (κ1) is 10.3. The Balaban J connectivity index is 2.40. The summed E-state index contributed by atoms with van der Waals surface area (Å²) in [7, 11) is 10.7. The van der Waals surface area contributed by atoms with E-state index in [4.69, 9.17) is 4.74 Å². The molecule has 1 heterocycles. The first-order valence-electron chi connectivity index (χ1n) is 3.43. The second-order valence-electron chi connectivity index (χ2n) is 2.16. The Kier molecular flexibility index (Phi) is 3.98. The molecule has 0 aliphatic carbocycles. The lowest BCUT2D eigenvalue weighted by Crippen LogP contribution is -1.85. The van der Waals surface area contributed by atoms with E-state index in [1.807, 2.05) is 12.1 Å². The lowest BCUT2D eigenvalue weighted by Gasteiger charge is -2.07. The number of hydrogen-bond donors (Lipinski definition) is 0. The quantitative estimate of drug-likeness (QED) is 0.673. The molecule has 0 bridgehead atoms. The van der Waals surface area contributed by atoms with Gasteiger partial charge in [-0.1, -0.05) is 6.07 Å². The van der Waals surface area contributed by atoms with Crippen LogP contribution in [0.3, 0.4) is 0 Å². The first-order chi connectivity index (χ1) is 6.42. The topological polar surface area (TPSA) is 9.23 Å². The molecule has 1 aromatic carbocycles. The van der Waals surface area contributed by atoms with E-state index in [0.717, 1.165) is 5.75 Å². The van der Waals surface area contributed by atoms with Gasteiger partial charge in [-0.3, -0.25) is 0 Å². The highest BCUT2D eigenvalue weighted by atomic mass is 33.8. The van der Waals surface area contributed by atoms with Crippen molar-refractivity contribution in [3.8, 4) is 5.75 Å². The van der Waals surface area contributed by atoms with E-state index in [9.17, 15) is 0 Å². The Morgan fingerprint density at radius 3 is 2.77 bits per heavy atom. The molecule has 0 unspecified atom stereocenters. The highest BCUT2D eigenvalue weighted by Crippen LogP contribution is 2.60. The lowest BCUT2D eigenvalue weighted by atomic mass is 10.3. The fourth-order valence-electron chi connectivity index (χ4n) is 0.914. The molecule has 6 heteroatoms. The first-order valence-corrected chi connectivity index (χ1v) is 9.58.